The smallest absolute Gasteiger partial charge is 0.335 e. The highest BCUT2D eigenvalue weighted by Gasteiger charge is 2.62. The monoisotopic (exact) mass is 659 g/mol. The highest BCUT2D eigenvalue weighted by Crippen LogP contribution is 2.48. The fraction of sp³-hybridized carbons (Fsp3) is 0.613. The summed E-state index contributed by atoms with van der Waals surface area (Å²) in [4.78, 5) is 55.7. The molecule has 2 aromatic rings. The minimum atomic E-state index is -3.01. The maximum Gasteiger partial charge on any atom is 0.335 e. The highest BCUT2D eigenvalue weighted by molar-refractivity contribution is 6.84. The van der Waals surface area contributed by atoms with Gasteiger partial charge in [0, 0.05) is 13.3 Å². The molecule has 1 N–H and O–H groups in total. The fourth-order valence-electron chi connectivity index (χ4n) is 6.98. The van der Waals surface area contributed by atoms with Gasteiger partial charge in [0.15, 0.2) is 6.23 Å². The molecule has 0 radical (unpaired) electrons. The molecule has 2 amide bonds. The predicted molar refractivity (Wildman–Crippen MR) is 170 cm³/mol. The highest BCUT2D eigenvalue weighted by atomic mass is 28.5. The van der Waals surface area contributed by atoms with Crippen molar-refractivity contribution < 1.29 is 32.0 Å². The van der Waals surface area contributed by atoms with Crippen LogP contribution in [0, 0.1) is 0 Å². The largest absolute Gasteiger partial charge is 0.414 e. The Morgan fingerprint density at radius 3 is 1.96 bits per heavy atom. The van der Waals surface area contributed by atoms with Crippen LogP contribution in [0.15, 0.2) is 40.1 Å². The van der Waals surface area contributed by atoms with Crippen molar-refractivity contribution in [3.8, 4) is 0 Å². The molecule has 3 aliphatic rings. The van der Waals surface area contributed by atoms with E-state index in [0.717, 1.165) is 4.90 Å². The number of rotatable bonds is 8. The second-order valence-corrected chi connectivity index (χ2v) is 22.2. The Balaban J connectivity index is 1.53. The van der Waals surface area contributed by atoms with E-state index < -0.39 is 64.7 Å². The molecule has 12 nitrogen and oxygen atoms in total. The molecule has 14 heteroatoms. The van der Waals surface area contributed by atoms with Crippen LogP contribution in [0.3, 0.4) is 0 Å². The number of ether oxygens (including phenoxy) is 2. The average molecular weight is 660 g/mol. The van der Waals surface area contributed by atoms with Gasteiger partial charge in [-0.05, 0) is 34.3 Å². The number of aromatic nitrogens is 2. The molecule has 2 saturated heterocycles. The molecule has 0 spiro atoms. The molecule has 1 aromatic carbocycles. The standard InChI is InChI=1S/C31H45N3O9Si2/c1-17(2)44(18(3)4)40-16-24-25(42-45(43-44,19(5)6)20(7)8)26(39-9)30(41-24)34-15-21(27(35)32-31(34)38)14-33-28(36)22-12-10-11-13-23(22)29(33)37/h10-13,15,17-20,24-26,30H,14,16H2,1-9H3,(H,32,35,38)/t24-,25-,26-,30+/m1/s1. The molecule has 5 rings (SSSR count). The molecular formula is C31H45N3O9Si2. The van der Waals surface area contributed by atoms with Crippen molar-refractivity contribution in [3.05, 3.63) is 68.0 Å². The summed E-state index contributed by atoms with van der Waals surface area (Å²) in [6.07, 6.45) is -1.61. The molecule has 0 unspecified atom stereocenters. The zero-order valence-corrected chi connectivity index (χ0v) is 29.5. The number of benzene rings is 1. The molecule has 0 saturated carbocycles. The summed E-state index contributed by atoms with van der Waals surface area (Å²) >= 11 is 0. The van der Waals surface area contributed by atoms with Crippen molar-refractivity contribution in [1.29, 1.82) is 0 Å². The SMILES string of the molecule is CO[C@@H]1[C@@H]2O[Si](C(C)C)(C(C)C)O[Si](C(C)C)(C(C)C)OC[C@H]2O[C@@H]1n1cc(CN2C(=O)c3ccccc3C2=O)c(=O)[nH]c1=O. The first-order chi connectivity index (χ1) is 21.2. The van der Waals surface area contributed by atoms with Gasteiger partial charge in [-0.3, -0.25) is 28.8 Å². The van der Waals surface area contributed by atoms with Crippen molar-refractivity contribution in [2.24, 2.45) is 0 Å². The number of fused-ring (bicyclic) bond motifs is 2. The van der Waals surface area contributed by atoms with E-state index >= 15 is 0 Å². The molecule has 246 valence electrons. The van der Waals surface area contributed by atoms with E-state index in [1.165, 1.54) is 17.9 Å². The normalized spacial score (nSPS) is 26.1. The van der Waals surface area contributed by atoms with Crippen molar-refractivity contribution in [2.45, 2.75) is 109 Å². The average Bonchev–Trinajstić information content (AvgIpc) is 3.42. The lowest BCUT2D eigenvalue weighted by Crippen LogP contribution is -2.65. The van der Waals surface area contributed by atoms with Gasteiger partial charge in [-0.2, -0.15) is 0 Å². The number of carbonyl (C=O) groups excluding carboxylic acids is 2. The summed E-state index contributed by atoms with van der Waals surface area (Å²) in [6.45, 7) is 16.9. The van der Waals surface area contributed by atoms with E-state index in [2.05, 4.69) is 60.4 Å². The Kier molecular flexibility index (Phi) is 9.32. The summed E-state index contributed by atoms with van der Waals surface area (Å²) in [5.41, 5.74) is -0.396. The van der Waals surface area contributed by atoms with Gasteiger partial charge in [-0.1, -0.05) is 67.5 Å². The van der Waals surface area contributed by atoms with Crippen LogP contribution in [0.5, 0.6) is 0 Å². The van der Waals surface area contributed by atoms with Gasteiger partial charge in [-0.15, -0.1) is 0 Å². The van der Waals surface area contributed by atoms with E-state index in [0.29, 0.717) is 0 Å². The number of carbonyl (C=O) groups is 2. The Bertz CT molecular complexity index is 1520. The lowest BCUT2D eigenvalue weighted by atomic mass is 10.1. The number of imide groups is 1. The minimum absolute atomic E-state index is 0.0477. The second kappa shape index (κ2) is 12.5. The third kappa shape index (κ3) is 5.53. The van der Waals surface area contributed by atoms with Crippen molar-refractivity contribution >= 4 is 28.9 Å². The van der Waals surface area contributed by atoms with E-state index in [4.69, 9.17) is 22.4 Å². The van der Waals surface area contributed by atoms with Crippen LogP contribution >= 0.6 is 0 Å². The van der Waals surface area contributed by atoms with Crippen LogP contribution in [0.1, 0.15) is 87.9 Å². The number of nitrogens with zero attached hydrogens (tertiary/aromatic N) is 2. The third-order valence-corrected chi connectivity index (χ3v) is 19.7. The van der Waals surface area contributed by atoms with Gasteiger partial charge in [0.1, 0.15) is 18.3 Å². The van der Waals surface area contributed by atoms with Gasteiger partial charge >= 0.3 is 22.8 Å². The molecule has 4 heterocycles. The van der Waals surface area contributed by atoms with Gasteiger partial charge in [0.05, 0.1) is 29.8 Å². The minimum Gasteiger partial charge on any atom is -0.414 e. The molecular weight excluding hydrogens is 615 g/mol. The predicted octanol–water partition coefficient (Wildman–Crippen LogP) is 4.20. The van der Waals surface area contributed by atoms with E-state index in [-0.39, 0.29) is 52.0 Å². The molecule has 0 bridgehead atoms. The molecule has 4 atom stereocenters. The zero-order chi connectivity index (χ0) is 33.0. The van der Waals surface area contributed by atoms with Crippen LogP contribution in [0.2, 0.25) is 22.2 Å². The quantitative estimate of drug-likeness (QED) is 0.326. The first-order valence-corrected chi connectivity index (χ1v) is 19.6. The summed E-state index contributed by atoms with van der Waals surface area (Å²) in [6, 6.07) is 6.49. The van der Waals surface area contributed by atoms with Crippen LogP contribution in [-0.4, -0.2) is 75.4 Å². The summed E-state index contributed by atoms with van der Waals surface area (Å²) in [5, 5.41) is 0. The van der Waals surface area contributed by atoms with Crippen molar-refractivity contribution in [3.63, 3.8) is 0 Å². The van der Waals surface area contributed by atoms with E-state index in [1.807, 2.05) is 0 Å². The topological polar surface area (TPSA) is 138 Å². The van der Waals surface area contributed by atoms with Crippen LogP contribution in [0.4, 0.5) is 0 Å². The number of H-pyrrole nitrogens is 1. The Morgan fingerprint density at radius 1 is 0.889 bits per heavy atom. The van der Waals surface area contributed by atoms with E-state index in [1.54, 1.807) is 24.3 Å². The lowest BCUT2D eigenvalue weighted by Gasteiger charge is -2.51. The summed E-state index contributed by atoms with van der Waals surface area (Å²) in [7, 11) is -4.32. The number of amides is 2. The van der Waals surface area contributed by atoms with Crippen LogP contribution in [0.25, 0.3) is 0 Å². The van der Waals surface area contributed by atoms with Crippen molar-refractivity contribution in [2.75, 3.05) is 13.7 Å². The third-order valence-electron chi connectivity index (χ3n) is 9.41. The molecule has 0 aliphatic carbocycles. The number of hydrogen-bond donors (Lipinski definition) is 1. The number of hydrogen-bond acceptors (Lipinski definition) is 9. The summed E-state index contributed by atoms with van der Waals surface area (Å²) < 4.78 is 35.0. The lowest BCUT2D eigenvalue weighted by molar-refractivity contribution is -0.0641. The van der Waals surface area contributed by atoms with Gasteiger partial charge < -0.3 is 22.4 Å². The first-order valence-electron chi connectivity index (χ1n) is 15.7. The fourth-order valence-corrected chi connectivity index (χ4v) is 18.2. The Hall–Kier alpha value is -2.73. The van der Waals surface area contributed by atoms with Crippen molar-refractivity contribution in [1.82, 2.24) is 14.5 Å². The Labute approximate surface area is 265 Å². The van der Waals surface area contributed by atoms with Crippen LogP contribution in [-0.2, 0) is 29.0 Å². The molecule has 45 heavy (non-hydrogen) atoms. The Morgan fingerprint density at radius 2 is 1.44 bits per heavy atom. The van der Waals surface area contributed by atoms with Gasteiger partial charge in [0.2, 0.25) is 0 Å². The second-order valence-electron chi connectivity index (χ2n) is 13.4. The number of nitrogens with one attached hydrogen (secondary N) is 1. The molecule has 3 aliphatic heterocycles. The molecule has 2 fully saturated rings. The number of methoxy groups -OCH3 is 1. The maximum absolute atomic E-state index is 13.3. The van der Waals surface area contributed by atoms with E-state index in [9.17, 15) is 19.2 Å². The zero-order valence-electron chi connectivity index (χ0n) is 27.5. The van der Waals surface area contributed by atoms with Gasteiger partial charge in [-0.25, -0.2) is 4.79 Å². The van der Waals surface area contributed by atoms with Crippen LogP contribution < -0.4 is 11.2 Å². The first kappa shape index (κ1) is 33.6. The number of aromatic amines is 1. The van der Waals surface area contributed by atoms with Gasteiger partial charge in [0.25, 0.3) is 17.4 Å². The molecule has 1 aromatic heterocycles. The maximum atomic E-state index is 13.3. The summed E-state index contributed by atoms with van der Waals surface area (Å²) in [5.74, 6) is -1.01.